The second kappa shape index (κ2) is 11.0. The smallest absolute Gasteiger partial charge is 0.230 e. The zero-order valence-corrected chi connectivity index (χ0v) is 17.2. The Labute approximate surface area is 168 Å². The molecule has 6 heteroatoms. The summed E-state index contributed by atoms with van der Waals surface area (Å²) in [7, 11) is 0. The van der Waals surface area contributed by atoms with E-state index in [1.54, 1.807) is 23.5 Å². The first-order valence-corrected chi connectivity index (χ1v) is 11.0. The van der Waals surface area contributed by atoms with Crippen LogP contribution in [0.5, 0.6) is 0 Å². The molecule has 0 bridgehead atoms. The summed E-state index contributed by atoms with van der Waals surface area (Å²) in [4.78, 5) is 11.9. The van der Waals surface area contributed by atoms with Crippen molar-refractivity contribution in [3.8, 4) is 0 Å². The fourth-order valence-corrected chi connectivity index (χ4v) is 4.62. The summed E-state index contributed by atoms with van der Waals surface area (Å²) in [6.45, 7) is 2.73. The van der Waals surface area contributed by atoms with Gasteiger partial charge >= 0.3 is 0 Å². The molecule has 2 aromatic rings. The van der Waals surface area contributed by atoms with Gasteiger partial charge in [-0.3, -0.25) is 4.79 Å². The number of amides is 1. The van der Waals surface area contributed by atoms with Gasteiger partial charge in [0.05, 0.1) is 5.75 Å². The molecule has 0 aliphatic heterocycles. The summed E-state index contributed by atoms with van der Waals surface area (Å²) in [6.07, 6.45) is 0. The molecule has 134 valence electrons. The maximum Gasteiger partial charge on any atom is 0.230 e. The molecular formula is C19H21Cl2NOS2. The maximum atomic E-state index is 11.9. The van der Waals surface area contributed by atoms with Crippen LogP contribution >= 0.6 is 46.7 Å². The summed E-state index contributed by atoms with van der Waals surface area (Å²) in [5.41, 5.74) is 3.46. The van der Waals surface area contributed by atoms with Crippen LogP contribution in [0.2, 0.25) is 10.0 Å². The van der Waals surface area contributed by atoms with Gasteiger partial charge in [-0.05, 0) is 30.2 Å². The molecular weight excluding hydrogens is 393 g/mol. The Morgan fingerprint density at radius 3 is 2.48 bits per heavy atom. The van der Waals surface area contributed by atoms with Gasteiger partial charge in [-0.15, -0.1) is 11.8 Å². The monoisotopic (exact) mass is 413 g/mol. The largest absolute Gasteiger partial charge is 0.355 e. The summed E-state index contributed by atoms with van der Waals surface area (Å²) >= 11 is 15.6. The molecule has 1 N–H and O–H groups in total. The second-order valence-electron chi connectivity index (χ2n) is 5.58. The fraction of sp³-hybridized carbons (Fsp3) is 0.316. The molecule has 2 nitrogen and oxygen atoms in total. The second-order valence-corrected chi connectivity index (χ2v) is 8.49. The molecule has 0 aromatic heterocycles. The predicted octanol–water partition coefficient (Wildman–Crippen LogP) is 5.58. The number of aryl methyl sites for hydroxylation is 1. The van der Waals surface area contributed by atoms with E-state index in [0.717, 1.165) is 22.8 Å². The van der Waals surface area contributed by atoms with Gasteiger partial charge in [-0.2, -0.15) is 11.8 Å². The topological polar surface area (TPSA) is 29.1 Å². The van der Waals surface area contributed by atoms with Crippen LogP contribution in [0, 0.1) is 6.92 Å². The van der Waals surface area contributed by atoms with Crippen LogP contribution in [0.25, 0.3) is 0 Å². The van der Waals surface area contributed by atoms with Crippen LogP contribution in [0.4, 0.5) is 0 Å². The van der Waals surface area contributed by atoms with Crippen LogP contribution < -0.4 is 5.32 Å². The first kappa shape index (κ1) is 20.5. The molecule has 0 aliphatic carbocycles. The predicted molar refractivity (Wildman–Crippen MR) is 113 cm³/mol. The van der Waals surface area contributed by atoms with E-state index in [-0.39, 0.29) is 5.91 Å². The van der Waals surface area contributed by atoms with E-state index in [2.05, 4.69) is 30.4 Å². The van der Waals surface area contributed by atoms with Gasteiger partial charge in [0.15, 0.2) is 0 Å². The van der Waals surface area contributed by atoms with Gasteiger partial charge in [0.2, 0.25) is 5.91 Å². The van der Waals surface area contributed by atoms with Crippen molar-refractivity contribution < 1.29 is 4.79 Å². The number of carbonyl (C=O) groups excluding carboxylic acids is 1. The third-order valence-corrected chi connectivity index (χ3v) is 6.16. The zero-order chi connectivity index (χ0) is 18.1. The number of carbonyl (C=O) groups is 1. The molecule has 2 aromatic carbocycles. The van der Waals surface area contributed by atoms with E-state index >= 15 is 0 Å². The van der Waals surface area contributed by atoms with Crippen LogP contribution in [0.3, 0.4) is 0 Å². The lowest BCUT2D eigenvalue weighted by molar-refractivity contribution is -0.118. The maximum absolute atomic E-state index is 11.9. The highest BCUT2D eigenvalue weighted by Crippen LogP contribution is 2.27. The molecule has 25 heavy (non-hydrogen) atoms. The van der Waals surface area contributed by atoms with Gasteiger partial charge in [0.1, 0.15) is 0 Å². The summed E-state index contributed by atoms with van der Waals surface area (Å²) in [5, 5.41) is 4.33. The molecule has 0 fully saturated rings. The highest BCUT2D eigenvalue weighted by Gasteiger charge is 2.06. The minimum atomic E-state index is 0.0778. The molecule has 1 amide bonds. The van der Waals surface area contributed by atoms with Gasteiger partial charge in [-0.25, -0.2) is 0 Å². The molecule has 2 rings (SSSR count). The number of halogens is 2. The Hall–Kier alpha value is -0.810. The average Bonchev–Trinajstić information content (AvgIpc) is 2.57. The minimum Gasteiger partial charge on any atom is -0.355 e. The molecule has 0 spiro atoms. The van der Waals surface area contributed by atoms with Gasteiger partial charge in [0, 0.05) is 33.8 Å². The minimum absolute atomic E-state index is 0.0778. The van der Waals surface area contributed by atoms with Crippen molar-refractivity contribution in [1.82, 2.24) is 5.32 Å². The van der Waals surface area contributed by atoms with Crippen molar-refractivity contribution in [2.24, 2.45) is 0 Å². The van der Waals surface area contributed by atoms with Crippen molar-refractivity contribution in [2.45, 2.75) is 18.4 Å². The molecule has 0 unspecified atom stereocenters. The summed E-state index contributed by atoms with van der Waals surface area (Å²) in [6, 6.07) is 13.9. The lowest BCUT2D eigenvalue weighted by atomic mass is 10.2. The summed E-state index contributed by atoms with van der Waals surface area (Å²) < 4.78 is 0. The summed E-state index contributed by atoms with van der Waals surface area (Å²) in [5.74, 6) is 2.99. The van der Waals surface area contributed by atoms with Crippen LogP contribution in [-0.4, -0.2) is 24.0 Å². The standard InChI is InChI=1S/C19H21Cl2NOS2/c1-14-4-2-5-15(10-14)11-25-13-19(23)22-8-9-24-12-16-17(20)6-3-7-18(16)21/h2-7,10H,8-9,11-13H2,1H3,(H,22,23). The van der Waals surface area contributed by atoms with Crippen LogP contribution in [-0.2, 0) is 16.3 Å². The number of hydrogen-bond donors (Lipinski definition) is 1. The van der Waals surface area contributed by atoms with E-state index in [4.69, 9.17) is 23.2 Å². The number of hydrogen-bond acceptors (Lipinski definition) is 3. The van der Waals surface area contributed by atoms with E-state index in [0.29, 0.717) is 22.3 Å². The van der Waals surface area contributed by atoms with Gasteiger partial charge in [0.25, 0.3) is 0 Å². The Kier molecular flexibility index (Phi) is 9.04. The van der Waals surface area contributed by atoms with E-state index in [1.807, 2.05) is 24.3 Å². The van der Waals surface area contributed by atoms with E-state index < -0.39 is 0 Å². The molecule has 0 atom stereocenters. The zero-order valence-electron chi connectivity index (χ0n) is 14.1. The molecule has 0 saturated carbocycles. The van der Waals surface area contributed by atoms with Crippen molar-refractivity contribution >= 4 is 52.6 Å². The highest BCUT2D eigenvalue weighted by atomic mass is 35.5. The van der Waals surface area contributed by atoms with Crippen molar-refractivity contribution in [1.29, 1.82) is 0 Å². The number of benzene rings is 2. The van der Waals surface area contributed by atoms with Gasteiger partial charge in [-0.1, -0.05) is 59.1 Å². The molecule has 0 radical (unpaired) electrons. The Morgan fingerprint density at radius 1 is 1.04 bits per heavy atom. The van der Waals surface area contributed by atoms with Crippen molar-refractivity contribution in [3.63, 3.8) is 0 Å². The molecule has 0 heterocycles. The van der Waals surface area contributed by atoms with Crippen molar-refractivity contribution in [3.05, 3.63) is 69.2 Å². The average molecular weight is 414 g/mol. The molecule has 0 saturated heterocycles. The van der Waals surface area contributed by atoms with Crippen LogP contribution in [0.1, 0.15) is 16.7 Å². The van der Waals surface area contributed by atoms with Crippen molar-refractivity contribution in [2.75, 3.05) is 18.1 Å². The number of rotatable bonds is 9. The Balaban J connectivity index is 1.58. The number of thioether (sulfide) groups is 2. The normalized spacial score (nSPS) is 10.7. The Morgan fingerprint density at radius 2 is 1.76 bits per heavy atom. The Bertz CT molecular complexity index is 689. The highest BCUT2D eigenvalue weighted by molar-refractivity contribution is 7.99. The lowest BCUT2D eigenvalue weighted by Crippen LogP contribution is -2.27. The van der Waals surface area contributed by atoms with E-state index in [9.17, 15) is 4.79 Å². The first-order valence-electron chi connectivity index (χ1n) is 7.97. The van der Waals surface area contributed by atoms with Gasteiger partial charge < -0.3 is 5.32 Å². The molecule has 0 aliphatic rings. The van der Waals surface area contributed by atoms with Crippen LogP contribution in [0.15, 0.2) is 42.5 Å². The third-order valence-electron chi connectivity index (χ3n) is 3.46. The quantitative estimate of drug-likeness (QED) is 0.543. The van der Waals surface area contributed by atoms with E-state index in [1.165, 1.54) is 11.1 Å². The number of nitrogens with one attached hydrogen (secondary N) is 1. The lowest BCUT2D eigenvalue weighted by Gasteiger charge is -2.08. The first-order chi connectivity index (χ1) is 12.1. The SMILES string of the molecule is Cc1cccc(CSCC(=O)NCCSCc2c(Cl)cccc2Cl)c1. The third kappa shape index (κ3) is 7.53. The fourth-order valence-electron chi connectivity index (χ4n) is 2.22.